The zero-order chi connectivity index (χ0) is 16.5. The Morgan fingerprint density at radius 2 is 1.92 bits per heavy atom. The number of hydrogen-bond acceptors (Lipinski definition) is 3. The monoisotopic (exact) mass is 340 g/mol. The van der Waals surface area contributed by atoms with Gasteiger partial charge in [-0.15, -0.1) is 10.2 Å². The molecule has 4 rings (SSSR count). The molecule has 0 unspecified atom stereocenters. The molecule has 5 nitrogen and oxygen atoms in total. The van der Waals surface area contributed by atoms with Crippen LogP contribution in [0.5, 0.6) is 0 Å². The van der Waals surface area contributed by atoms with Crippen LogP contribution in [0.3, 0.4) is 0 Å². The van der Waals surface area contributed by atoms with E-state index in [1.165, 1.54) is 0 Å². The largest absolute Gasteiger partial charge is 0.339 e. The third-order valence-corrected chi connectivity index (χ3v) is 4.79. The van der Waals surface area contributed by atoms with E-state index in [1.807, 2.05) is 45.8 Å². The Labute approximate surface area is 144 Å². The van der Waals surface area contributed by atoms with Crippen LogP contribution in [0.25, 0.3) is 5.65 Å². The standard InChI is InChI=1S/C18H17ClN4O/c19-15-5-3-4-14(12-15)18(24)22-10-7-13(8-11-22)17-21-20-16-6-1-2-9-23(16)17/h1-6,9,12-13H,7-8,10-11H2. The molecule has 0 spiro atoms. The second-order valence-electron chi connectivity index (χ2n) is 6.06. The van der Waals surface area contributed by atoms with E-state index in [0.717, 1.165) is 37.4 Å². The third kappa shape index (κ3) is 2.76. The van der Waals surface area contributed by atoms with Crippen molar-refractivity contribution < 1.29 is 4.79 Å². The van der Waals surface area contributed by atoms with Gasteiger partial charge in [0.05, 0.1) is 0 Å². The minimum absolute atomic E-state index is 0.0436. The van der Waals surface area contributed by atoms with Crippen LogP contribution in [-0.2, 0) is 0 Å². The first-order valence-corrected chi connectivity index (χ1v) is 8.44. The number of halogens is 1. The fourth-order valence-electron chi connectivity index (χ4n) is 3.28. The molecule has 3 aromatic rings. The van der Waals surface area contributed by atoms with Gasteiger partial charge >= 0.3 is 0 Å². The Balaban J connectivity index is 1.48. The van der Waals surface area contributed by atoms with E-state index in [0.29, 0.717) is 16.5 Å². The summed E-state index contributed by atoms with van der Waals surface area (Å²) in [5.74, 6) is 1.35. The van der Waals surface area contributed by atoms with Gasteiger partial charge in [0.15, 0.2) is 5.65 Å². The van der Waals surface area contributed by atoms with Gasteiger partial charge in [0.2, 0.25) is 0 Å². The number of pyridine rings is 1. The summed E-state index contributed by atoms with van der Waals surface area (Å²) in [4.78, 5) is 14.5. The van der Waals surface area contributed by atoms with Crippen molar-refractivity contribution in [3.05, 3.63) is 65.1 Å². The number of nitrogens with zero attached hydrogens (tertiary/aromatic N) is 4. The molecule has 1 amide bonds. The van der Waals surface area contributed by atoms with Crippen LogP contribution < -0.4 is 0 Å². The lowest BCUT2D eigenvalue weighted by Gasteiger charge is -2.31. The SMILES string of the molecule is O=C(c1cccc(Cl)c1)N1CCC(c2nnc3ccccn23)CC1. The van der Waals surface area contributed by atoms with Gasteiger partial charge in [-0.1, -0.05) is 23.7 Å². The van der Waals surface area contributed by atoms with Gasteiger partial charge in [0.25, 0.3) is 5.91 Å². The summed E-state index contributed by atoms with van der Waals surface area (Å²) < 4.78 is 2.04. The van der Waals surface area contributed by atoms with Crippen molar-refractivity contribution in [1.29, 1.82) is 0 Å². The van der Waals surface area contributed by atoms with E-state index in [-0.39, 0.29) is 5.91 Å². The lowest BCUT2D eigenvalue weighted by atomic mass is 9.95. The van der Waals surface area contributed by atoms with Crippen molar-refractivity contribution in [2.45, 2.75) is 18.8 Å². The zero-order valence-corrected chi connectivity index (χ0v) is 13.9. The Bertz CT molecular complexity index is 883. The topological polar surface area (TPSA) is 50.5 Å². The molecule has 1 aliphatic rings. The Hall–Kier alpha value is -2.40. The number of carbonyl (C=O) groups excluding carboxylic acids is 1. The van der Waals surface area contributed by atoms with E-state index in [1.54, 1.807) is 12.1 Å². The molecule has 6 heteroatoms. The maximum atomic E-state index is 12.6. The van der Waals surface area contributed by atoms with Crippen molar-refractivity contribution in [3.8, 4) is 0 Å². The van der Waals surface area contributed by atoms with E-state index in [4.69, 9.17) is 11.6 Å². The number of carbonyl (C=O) groups is 1. The number of piperidine rings is 1. The molecule has 0 aliphatic carbocycles. The highest BCUT2D eigenvalue weighted by Crippen LogP contribution is 2.28. The van der Waals surface area contributed by atoms with Crippen LogP contribution in [0.2, 0.25) is 5.02 Å². The molecule has 1 fully saturated rings. The number of likely N-dealkylation sites (tertiary alicyclic amines) is 1. The van der Waals surface area contributed by atoms with Crippen molar-refractivity contribution in [3.63, 3.8) is 0 Å². The molecule has 0 N–H and O–H groups in total. The van der Waals surface area contributed by atoms with E-state index in [2.05, 4.69) is 10.2 Å². The second kappa shape index (κ2) is 6.24. The summed E-state index contributed by atoms with van der Waals surface area (Å²) in [7, 11) is 0. The Kier molecular flexibility index (Phi) is 3.94. The van der Waals surface area contributed by atoms with Crippen LogP contribution in [0.4, 0.5) is 0 Å². The molecule has 122 valence electrons. The fraction of sp³-hybridized carbons (Fsp3) is 0.278. The molecule has 0 saturated carbocycles. The van der Waals surface area contributed by atoms with E-state index in [9.17, 15) is 4.79 Å². The van der Waals surface area contributed by atoms with E-state index < -0.39 is 0 Å². The number of fused-ring (bicyclic) bond motifs is 1. The van der Waals surface area contributed by atoms with Crippen molar-refractivity contribution in [1.82, 2.24) is 19.5 Å². The molecule has 0 bridgehead atoms. The minimum Gasteiger partial charge on any atom is -0.339 e. The number of hydrogen-bond donors (Lipinski definition) is 0. The normalized spacial score (nSPS) is 15.8. The van der Waals surface area contributed by atoms with Gasteiger partial charge in [-0.05, 0) is 43.2 Å². The van der Waals surface area contributed by atoms with Crippen LogP contribution in [0.15, 0.2) is 48.7 Å². The molecule has 24 heavy (non-hydrogen) atoms. The van der Waals surface area contributed by atoms with Crippen LogP contribution >= 0.6 is 11.6 Å². The van der Waals surface area contributed by atoms with Crippen molar-refractivity contribution >= 4 is 23.2 Å². The molecule has 3 heterocycles. The number of rotatable bonds is 2. The van der Waals surface area contributed by atoms with E-state index >= 15 is 0 Å². The Morgan fingerprint density at radius 1 is 1.08 bits per heavy atom. The maximum absolute atomic E-state index is 12.6. The fourth-order valence-corrected chi connectivity index (χ4v) is 3.47. The summed E-state index contributed by atoms with van der Waals surface area (Å²) in [6, 6.07) is 13.0. The number of aromatic nitrogens is 3. The molecular formula is C18H17ClN4O. The van der Waals surface area contributed by atoms with Crippen LogP contribution in [0, 0.1) is 0 Å². The lowest BCUT2D eigenvalue weighted by molar-refractivity contribution is 0.0711. The quantitative estimate of drug-likeness (QED) is 0.718. The first-order chi connectivity index (χ1) is 11.7. The highest BCUT2D eigenvalue weighted by Gasteiger charge is 2.27. The third-order valence-electron chi connectivity index (χ3n) is 4.56. The molecular weight excluding hydrogens is 324 g/mol. The van der Waals surface area contributed by atoms with Crippen molar-refractivity contribution in [2.75, 3.05) is 13.1 Å². The second-order valence-corrected chi connectivity index (χ2v) is 6.50. The highest BCUT2D eigenvalue weighted by molar-refractivity contribution is 6.30. The Morgan fingerprint density at radius 3 is 2.71 bits per heavy atom. The van der Waals surface area contributed by atoms with Gasteiger partial charge in [-0.2, -0.15) is 0 Å². The maximum Gasteiger partial charge on any atom is 0.253 e. The van der Waals surface area contributed by atoms with Crippen molar-refractivity contribution in [2.24, 2.45) is 0 Å². The molecule has 1 aliphatic heterocycles. The summed E-state index contributed by atoms with van der Waals surface area (Å²) in [5, 5.41) is 9.16. The average molecular weight is 341 g/mol. The lowest BCUT2D eigenvalue weighted by Crippen LogP contribution is -2.38. The van der Waals surface area contributed by atoms with Crippen LogP contribution in [0.1, 0.15) is 34.9 Å². The molecule has 1 saturated heterocycles. The molecule has 0 radical (unpaired) electrons. The van der Waals surface area contributed by atoms with Crippen LogP contribution in [-0.4, -0.2) is 38.5 Å². The zero-order valence-electron chi connectivity index (χ0n) is 13.1. The van der Waals surface area contributed by atoms with Gasteiger partial charge in [-0.3, -0.25) is 9.20 Å². The predicted molar refractivity (Wildman–Crippen MR) is 92.3 cm³/mol. The van der Waals surface area contributed by atoms with Gasteiger partial charge in [0, 0.05) is 35.8 Å². The summed E-state index contributed by atoms with van der Waals surface area (Å²) in [6.07, 6.45) is 3.78. The molecule has 1 aromatic carbocycles. The molecule has 2 aromatic heterocycles. The van der Waals surface area contributed by atoms with Gasteiger partial charge in [0.1, 0.15) is 5.82 Å². The average Bonchev–Trinajstić information content (AvgIpc) is 3.05. The first kappa shape index (κ1) is 15.1. The molecule has 0 atom stereocenters. The first-order valence-electron chi connectivity index (χ1n) is 8.07. The minimum atomic E-state index is 0.0436. The smallest absolute Gasteiger partial charge is 0.253 e. The summed E-state index contributed by atoms with van der Waals surface area (Å²) >= 11 is 5.99. The number of amides is 1. The predicted octanol–water partition coefficient (Wildman–Crippen LogP) is 3.40. The summed E-state index contributed by atoms with van der Waals surface area (Å²) in [6.45, 7) is 1.44. The highest BCUT2D eigenvalue weighted by atomic mass is 35.5. The van der Waals surface area contributed by atoms with Gasteiger partial charge in [-0.25, -0.2) is 0 Å². The number of benzene rings is 1. The van der Waals surface area contributed by atoms with Gasteiger partial charge < -0.3 is 4.90 Å². The summed E-state index contributed by atoms with van der Waals surface area (Å²) in [5.41, 5.74) is 1.51.